The molecule has 0 amide bonds. The van der Waals surface area contributed by atoms with E-state index in [0.717, 1.165) is 17.8 Å². The van der Waals surface area contributed by atoms with E-state index in [1.807, 2.05) is 10.9 Å². The Kier molecular flexibility index (Phi) is 3.30. The Morgan fingerprint density at radius 1 is 1.31 bits per heavy atom. The molecule has 0 atom stereocenters. The molecule has 0 aliphatic rings. The van der Waals surface area contributed by atoms with Crippen molar-refractivity contribution in [3.8, 4) is 0 Å². The van der Waals surface area contributed by atoms with E-state index in [0.29, 0.717) is 5.88 Å². The predicted molar refractivity (Wildman–Crippen MR) is 66.8 cm³/mol. The van der Waals surface area contributed by atoms with E-state index in [9.17, 15) is 0 Å². The first-order valence-electron chi connectivity index (χ1n) is 5.33. The number of rotatable bonds is 3. The van der Waals surface area contributed by atoms with E-state index in [2.05, 4.69) is 43.2 Å². The van der Waals surface area contributed by atoms with Crippen LogP contribution in [0, 0.1) is 13.8 Å². The second-order valence-electron chi connectivity index (χ2n) is 4.04. The number of aryl methyl sites for hydroxylation is 1. The molecule has 1 aromatic heterocycles. The second kappa shape index (κ2) is 4.71. The van der Waals surface area contributed by atoms with Gasteiger partial charge in [-0.15, -0.1) is 11.6 Å². The summed E-state index contributed by atoms with van der Waals surface area (Å²) in [6, 6.07) is 8.48. The van der Waals surface area contributed by atoms with Gasteiger partial charge in [0.15, 0.2) is 0 Å². The van der Waals surface area contributed by atoms with Crippen LogP contribution >= 0.6 is 11.6 Å². The van der Waals surface area contributed by atoms with Gasteiger partial charge in [-0.2, -0.15) is 5.10 Å². The van der Waals surface area contributed by atoms with E-state index in [4.69, 9.17) is 11.6 Å². The van der Waals surface area contributed by atoms with Crippen LogP contribution in [0.25, 0.3) is 0 Å². The largest absolute Gasteiger partial charge is 0.265 e. The minimum Gasteiger partial charge on any atom is -0.265 e. The van der Waals surface area contributed by atoms with Gasteiger partial charge in [0.1, 0.15) is 0 Å². The summed E-state index contributed by atoms with van der Waals surface area (Å²) in [6.45, 7) is 4.97. The Hall–Kier alpha value is -1.28. The van der Waals surface area contributed by atoms with Crippen LogP contribution in [0.4, 0.5) is 0 Å². The lowest BCUT2D eigenvalue weighted by Gasteiger charge is -2.06. The van der Waals surface area contributed by atoms with Gasteiger partial charge in [0.2, 0.25) is 0 Å². The zero-order chi connectivity index (χ0) is 11.5. The van der Waals surface area contributed by atoms with Crippen molar-refractivity contribution in [3.63, 3.8) is 0 Å². The summed E-state index contributed by atoms with van der Waals surface area (Å²) in [7, 11) is 0. The molecule has 2 aromatic rings. The normalized spacial score (nSPS) is 10.7. The molecule has 0 spiro atoms. The highest BCUT2D eigenvalue weighted by atomic mass is 35.5. The molecule has 2 rings (SSSR count). The van der Waals surface area contributed by atoms with Gasteiger partial charge in [-0.25, -0.2) is 0 Å². The lowest BCUT2D eigenvalue weighted by atomic mass is 10.1. The third-order valence-corrected chi connectivity index (χ3v) is 3.05. The fourth-order valence-corrected chi connectivity index (χ4v) is 2.02. The van der Waals surface area contributed by atoms with Crippen LogP contribution in [-0.2, 0) is 12.4 Å². The van der Waals surface area contributed by atoms with Crippen molar-refractivity contribution in [3.05, 3.63) is 52.8 Å². The molecule has 1 aromatic carbocycles. The summed E-state index contributed by atoms with van der Waals surface area (Å²) in [4.78, 5) is 0. The predicted octanol–water partition coefficient (Wildman–Crippen LogP) is 3.29. The molecular weight excluding hydrogens is 220 g/mol. The number of hydrogen-bond acceptors (Lipinski definition) is 1. The molecule has 0 saturated heterocycles. The summed E-state index contributed by atoms with van der Waals surface area (Å²) in [5.41, 5.74) is 4.80. The maximum Gasteiger partial charge on any atom is 0.0662 e. The first-order chi connectivity index (χ1) is 7.70. The zero-order valence-corrected chi connectivity index (χ0v) is 10.3. The fraction of sp³-hybridized carbons (Fsp3) is 0.308. The Balaban J connectivity index is 2.24. The summed E-state index contributed by atoms with van der Waals surface area (Å²) < 4.78 is 1.99. The van der Waals surface area contributed by atoms with Gasteiger partial charge < -0.3 is 0 Å². The van der Waals surface area contributed by atoms with Crippen LogP contribution in [0.15, 0.2) is 30.5 Å². The Labute approximate surface area is 101 Å². The van der Waals surface area contributed by atoms with Crippen LogP contribution in [0.3, 0.4) is 0 Å². The van der Waals surface area contributed by atoms with Gasteiger partial charge in [0, 0.05) is 11.3 Å². The Bertz CT molecular complexity index is 488. The van der Waals surface area contributed by atoms with Crippen molar-refractivity contribution in [2.24, 2.45) is 0 Å². The first kappa shape index (κ1) is 11.2. The van der Waals surface area contributed by atoms with Crippen molar-refractivity contribution in [2.75, 3.05) is 0 Å². The third-order valence-electron chi connectivity index (χ3n) is 2.76. The number of halogens is 1. The Morgan fingerprint density at radius 2 is 2.12 bits per heavy atom. The summed E-state index contributed by atoms with van der Waals surface area (Å²) in [5, 5.41) is 4.34. The summed E-state index contributed by atoms with van der Waals surface area (Å²) in [5.74, 6) is 0.527. The van der Waals surface area contributed by atoms with Crippen LogP contribution in [0.1, 0.15) is 22.4 Å². The number of benzene rings is 1. The summed E-state index contributed by atoms with van der Waals surface area (Å²) in [6.07, 6.45) is 1.85. The maximum atomic E-state index is 5.82. The molecule has 0 aliphatic heterocycles. The SMILES string of the molecule is Cc1cccc(Cn2ncc(CCl)c2C)c1. The van der Waals surface area contributed by atoms with Crippen molar-refractivity contribution < 1.29 is 0 Å². The van der Waals surface area contributed by atoms with Crippen LogP contribution in [-0.4, -0.2) is 9.78 Å². The van der Waals surface area contributed by atoms with Crippen LogP contribution in [0.5, 0.6) is 0 Å². The average molecular weight is 235 g/mol. The smallest absolute Gasteiger partial charge is 0.0662 e. The number of alkyl halides is 1. The molecule has 2 nitrogen and oxygen atoms in total. The molecule has 0 saturated carbocycles. The van der Waals surface area contributed by atoms with Crippen molar-refractivity contribution >= 4 is 11.6 Å². The van der Waals surface area contributed by atoms with E-state index < -0.39 is 0 Å². The van der Waals surface area contributed by atoms with Gasteiger partial charge in [-0.3, -0.25) is 4.68 Å². The highest BCUT2D eigenvalue weighted by Gasteiger charge is 2.05. The lowest BCUT2D eigenvalue weighted by molar-refractivity contribution is 0.664. The third kappa shape index (κ3) is 2.27. The van der Waals surface area contributed by atoms with Crippen molar-refractivity contribution in [1.82, 2.24) is 9.78 Å². The minimum absolute atomic E-state index is 0.527. The standard InChI is InChI=1S/C13H15ClN2/c1-10-4-3-5-12(6-10)9-16-11(2)13(7-14)8-15-16/h3-6,8H,7,9H2,1-2H3. The van der Waals surface area contributed by atoms with Crippen LogP contribution < -0.4 is 0 Å². The van der Waals surface area contributed by atoms with E-state index in [1.54, 1.807) is 0 Å². The molecule has 1 heterocycles. The molecule has 84 valence electrons. The monoisotopic (exact) mass is 234 g/mol. The van der Waals surface area contributed by atoms with Gasteiger partial charge in [-0.05, 0) is 19.4 Å². The average Bonchev–Trinajstić information content (AvgIpc) is 2.60. The highest BCUT2D eigenvalue weighted by molar-refractivity contribution is 6.17. The molecular formula is C13H15ClN2. The minimum atomic E-state index is 0.527. The molecule has 16 heavy (non-hydrogen) atoms. The Morgan fingerprint density at radius 3 is 2.75 bits per heavy atom. The number of nitrogens with zero attached hydrogens (tertiary/aromatic N) is 2. The second-order valence-corrected chi connectivity index (χ2v) is 4.30. The van der Waals surface area contributed by atoms with Crippen LogP contribution in [0.2, 0.25) is 0 Å². The highest BCUT2D eigenvalue weighted by Crippen LogP contribution is 2.12. The number of aromatic nitrogens is 2. The quantitative estimate of drug-likeness (QED) is 0.746. The van der Waals surface area contributed by atoms with E-state index in [1.165, 1.54) is 11.1 Å². The van der Waals surface area contributed by atoms with Gasteiger partial charge in [-0.1, -0.05) is 29.8 Å². The lowest BCUT2D eigenvalue weighted by Crippen LogP contribution is -2.04. The summed E-state index contributed by atoms with van der Waals surface area (Å²) >= 11 is 5.82. The van der Waals surface area contributed by atoms with Crippen molar-refractivity contribution in [2.45, 2.75) is 26.3 Å². The van der Waals surface area contributed by atoms with Gasteiger partial charge in [0.25, 0.3) is 0 Å². The van der Waals surface area contributed by atoms with E-state index in [-0.39, 0.29) is 0 Å². The number of hydrogen-bond donors (Lipinski definition) is 0. The molecule has 0 unspecified atom stereocenters. The molecule has 0 aliphatic carbocycles. The topological polar surface area (TPSA) is 17.8 Å². The molecule has 0 fully saturated rings. The molecule has 0 radical (unpaired) electrons. The van der Waals surface area contributed by atoms with Gasteiger partial charge in [0.05, 0.1) is 18.6 Å². The van der Waals surface area contributed by atoms with E-state index >= 15 is 0 Å². The zero-order valence-electron chi connectivity index (χ0n) is 9.57. The molecule has 0 N–H and O–H groups in total. The van der Waals surface area contributed by atoms with Crippen molar-refractivity contribution in [1.29, 1.82) is 0 Å². The molecule has 3 heteroatoms. The fourth-order valence-electron chi connectivity index (χ4n) is 1.76. The van der Waals surface area contributed by atoms with Gasteiger partial charge >= 0.3 is 0 Å². The maximum absolute atomic E-state index is 5.82. The first-order valence-corrected chi connectivity index (χ1v) is 5.87. The molecule has 0 bridgehead atoms.